The van der Waals surface area contributed by atoms with E-state index in [1.165, 1.54) is 9.80 Å². The van der Waals surface area contributed by atoms with Crippen molar-refractivity contribution in [2.24, 2.45) is 0 Å². The Labute approximate surface area is 149 Å². The molecule has 2 heterocycles. The van der Waals surface area contributed by atoms with E-state index in [-0.39, 0.29) is 25.0 Å². The van der Waals surface area contributed by atoms with Gasteiger partial charge in [-0.2, -0.15) is 0 Å². The van der Waals surface area contributed by atoms with Gasteiger partial charge < -0.3 is 0 Å². The Kier molecular flexibility index (Phi) is 4.14. The first-order valence-corrected chi connectivity index (χ1v) is 8.18. The van der Waals surface area contributed by atoms with Gasteiger partial charge in [-0.1, -0.05) is 48.5 Å². The molecule has 4 rings (SSSR count). The van der Waals surface area contributed by atoms with E-state index in [2.05, 4.69) is 15.5 Å². The summed E-state index contributed by atoms with van der Waals surface area (Å²) in [5, 5.41) is 11.6. The fourth-order valence-electron chi connectivity index (χ4n) is 2.86. The monoisotopic (exact) mass is 348 g/mol. The van der Waals surface area contributed by atoms with E-state index in [4.69, 9.17) is 0 Å². The minimum absolute atomic E-state index is 0.0170. The van der Waals surface area contributed by atoms with Crippen LogP contribution in [0.25, 0.3) is 0 Å². The third-order valence-corrected chi connectivity index (χ3v) is 4.20. The third-order valence-electron chi connectivity index (χ3n) is 4.20. The number of carbonyl (C=O) groups is 2. The summed E-state index contributed by atoms with van der Waals surface area (Å²) in [6.07, 6.45) is 0. The number of carbonyl (C=O) groups excluding carboxylic acids is 2. The number of amides is 3. The maximum atomic E-state index is 12.7. The van der Waals surface area contributed by atoms with Gasteiger partial charge in [-0.15, -0.1) is 5.10 Å². The molecule has 26 heavy (non-hydrogen) atoms. The van der Waals surface area contributed by atoms with Gasteiger partial charge in [0.05, 0.1) is 13.1 Å². The maximum absolute atomic E-state index is 12.7. The molecule has 8 nitrogen and oxygen atoms in total. The van der Waals surface area contributed by atoms with E-state index in [0.29, 0.717) is 18.1 Å². The zero-order valence-electron chi connectivity index (χ0n) is 13.9. The van der Waals surface area contributed by atoms with Crippen molar-refractivity contribution in [3.05, 3.63) is 72.1 Å². The van der Waals surface area contributed by atoms with E-state index in [1.807, 2.05) is 48.5 Å². The molecule has 130 valence electrons. The number of tetrazole rings is 1. The molecule has 2 aromatic carbocycles. The Morgan fingerprint density at radius 3 is 2.31 bits per heavy atom. The van der Waals surface area contributed by atoms with Crippen molar-refractivity contribution in [1.29, 1.82) is 0 Å². The van der Waals surface area contributed by atoms with Gasteiger partial charge in [0.2, 0.25) is 0 Å². The Morgan fingerprint density at radius 1 is 0.885 bits per heavy atom. The molecule has 0 unspecified atom stereocenters. The lowest BCUT2D eigenvalue weighted by Gasteiger charge is -2.16. The fraction of sp³-hybridized carbons (Fsp3) is 0.167. The van der Waals surface area contributed by atoms with Crippen LogP contribution in [0.15, 0.2) is 60.7 Å². The molecule has 0 N–H and O–H groups in total. The topological polar surface area (TPSA) is 84.2 Å². The van der Waals surface area contributed by atoms with E-state index in [0.717, 1.165) is 5.56 Å². The van der Waals surface area contributed by atoms with E-state index in [9.17, 15) is 9.59 Å². The third kappa shape index (κ3) is 3.04. The van der Waals surface area contributed by atoms with Crippen LogP contribution in [-0.2, 0) is 17.9 Å². The first-order chi connectivity index (χ1) is 12.7. The van der Waals surface area contributed by atoms with Gasteiger partial charge in [0.15, 0.2) is 5.82 Å². The molecule has 1 fully saturated rings. The predicted molar refractivity (Wildman–Crippen MR) is 93.1 cm³/mol. The molecule has 0 bridgehead atoms. The fourth-order valence-corrected chi connectivity index (χ4v) is 2.86. The highest BCUT2D eigenvalue weighted by atomic mass is 16.2. The molecule has 3 aromatic rings. The normalized spacial score (nSPS) is 14.3. The number of aromatic nitrogens is 4. The Bertz CT molecular complexity index is 925. The van der Waals surface area contributed by atoms with Gasteiger partial charge in [-0.3, -0.25) is 14.6 Å². The van der Waals surface area contributed by atoms with E-state index >= 15 is 0 Å². The summed E-state index contributed by atoms with van der Waals surface area (Å²) in [6, 6.07) is 18.5. The van der Waals surface area contributed by atoms with Crippen LogP contribution in [0.5, 0.6) is 0 Å². The van der Waals surface area contributed by atoms with Crippen molar-refractivity contribution in [3.63, 3.8) is 0 Å². The summed E-state index contributed by atoms with van der Waals surface area (Å²) >= 11 is 0. The van der Waals surface area contributed by atoms with Gasteiger partial charge >= 0.3 is 6.03 Å². The minimum Gasteiger partial charge on any atom is -0.285 e. The zero-order chi connectivity index (χ0) is 17.9. The first-order valence-electron chi connectivity index (χ1n) is 8.18. The number of hydrogen-bond donors (Lipinski definition) is 0. The molecule has 0 saturated carbocycles. The lowest BCUT2D eigenvalue weighted by atomic mass is 10.2. The van der Waals surface area contributed by atoms with Gasteiger partial charge in [-0.05, 0) is 28.1 Å². The second-order valence-electron chi connectivity index (χ2n) is 5.92. The van der Waals surface area contributed by atoms with Crippen molar-refractivity contribution >= 4 is 17.6 Å². The molecular formula is C18H16N6O2. The van der Waals surface area contributed by atoms with Crippen LogP contribution >= 0.6 is 0 Å². The molecule has 1 aromatic heterocycles. The Balaban J connectivity index is 1.52. The van der Waals surface area contributed by atoms with Gasteiger partial charge in [0, 0.05) is 5.69 Å². The molecule has 0 aliphatic carbocycles. The number of nitrogens with zero attached hydrogens (tertiary/aromatic N) is 6. The smallest absolute Gasteiger partial charge is 0.285 e. The number of para-hydroxylation sites is 1. The minimum atomic E-state index is -0.365. The summed E-state index contributed by atoms with van der Waals surface area (Å²) in [7, 11) is 0. The molecule has 1 aliphatic rings. The summed E-state index contributed by atoms with van der Waals surface area (Å²) in [6.45, 7) is 0.533. The standard InChI is InChI=1S/C18H16N6O2/c25-17-13-22(15-9-5-2-6-10-15)18(26)23(17)12-16-19-20-21-24(16)11-14-7-3-1-4-8-14/h1-10H,11-13H2. The van der Waals surface area contributed by atoms with Gasteiger partial charge in [0.1, 0.15) is 6.54 Å². The van der Waals surface area contributed by atoms with Crippen LogP contribution in [0.1, 0.15) is 11.4 Å². The molecule has 1 saturated heterocycles. The highest BCUT2D eigenvalue weighted by molar-refractivity contribution is 6.12. The highest BCUT2D eigenvalue weighted by Crippen LogP contribution is 2.21. The maximum Gasteiger partial charge on any atom is 0.332 e. The van der Waals surface area contributed by atoms with Crippen LogP contribution in [0, 0.1) is 0 Å². The largest absolute Gasteiger partial charge is 0.332 e. The summed E-state index contributed by atoms with van der Waals surface area (Å²) in [5.41, 5.74) is 1.73. The number of anilines is 1. The lowest BCUT2D eigenvalue weighted by molar-refractivity contribution is -0.125. The molecule has 0 radical (unpaired) electrons. The molecule has 8 heteroatoms. The molecular weight excluding hydrogens is 332 g/mol. The van der Waals surface area contributed by atoms with Crippen molar-refractivity contribution < 1.29 is 9.59 Å². The number of benzene rings is 2. The second-order valence-corrected chi connectivity index (χ2v) is 5.92. The van der Waals surface area contributed by atoms with Crippen LogP contribution in [0.4, 0.5) is 10.5 Å². The molecule has 0 atom stereocenters. The zero-order valence-corrected chi connectivity index (χ0v) is 13.9. The van der Waals surface area contributed by atoms with Crippen molar-refractivity contribution in [1.82, 2.24) is 25.1 Å². The number of urea groups is 1. The Morgan fingerprint density at radius 2 is 1.58 bits per heavy atom. The summed E-state index contributed by atoms with van der Waals surface area (Å²) < 4.78 is 1.60. The van der Waals surface area contributed by atoms with Crippen LogP contribution in [0.3, 0.4) is 0 Å². The van der Waals surface area contributed by atoms with Crippen LogP contribution in [0.2, 0.25) is 0 Å². The second kappa shape index (κ2) is 6.75. The quantitative estimate of drug-likeness (QED) is 0.655. The number of hydrogen-bond acceptors (Lipinski definition) is 5. The van der Waals surface area contributed by atoms with Crippen LogP contribution < -0.4 is 4.90 Å². The summed E-state index contributed by atoms with van der Waals surface area (Å²) in [4.78, 5) is 27.6. The first kappa shape index (κ1) is 15.9. The van der Waals surface area contributed by atoms with Gasteiger partial charge in [0.25, 0.3) is 5.91 Å². The van der Waals surface area contributed by atoms with Crippen LogP contribution in [-0.4, -0.2) is 43.6 Å². The van der Waals surface area contributed by atoms with E-state index in [1.54, 1.807) is 16.8 Å². The Hall–Kier alpha value is -3.55. The predicted octanol–water partition coefficient (Wildman–Crippen LogP) is 1.69. The average Bonchev–Trinajstić information content (AvgIpc) is 3.22. The highest BCUT2D eigenvalue weighted by Gasteiger charge is 2.37. The lowest BCUT2D eigenvalue weighted by Crippen LogP contribution is -2.33. The number of rotatable bonds is 5. The molecule has 3 amide bonds. The van der Waals surface area contributed by atoms with Crippen molar-refractivity contribution in [2.45, 2.75) is 13.1 Å². The SMILES string of the molecule is O=C1CN(c2ccccc2)C(=O)N1Cc1nnnn1Cc1ccccc1. The average molecular weight is 348 g/mol. The van der Waals surface area contributed by atoms with E-state index < -0.39 is 0 Å². The number of imide groups is 1. The molecule has 0 spiro atoms. The molecule has 1 aliphatic heterocycles. The van der Waals surface area contributed by atoms with Gasteiger partial charge in [-0.25, -0.2) is 9.48 Å². The van der Waals surface area contributed by atoms with Crippen molar-refractivity contribution in [3.8, 4) is 0 Å². The van der Waals surface area contributed by atoms with Crippen molar-refractivity contribution in [2.75, 3.05) is 11.4 Å². The summed E-state index contributed by atoms with van der Waals surface area (Å²) in [5.74, 6) is 0.193.